The van der Waals surface area contributed by atoms with Gasteiger partial charge in [-0.2, -0.15) is 13.9 Å². The van der Waals surface area contributed by atoms with Crippen LogP contribution in [0.4, 0.5) is 14.5 Å². The van der Waals surface area contributed by atoms with E-state index >= 15 is 0 Å². The molecule has 0 radical (unpaired) electrons. The fraction of sp³-hybridized carbons (Fsp3) is 0.241. The minimum atomic E-state index is -2.94. The Labute approximate surface area is 253 Å². The SMILES string of the molecule is C[C@@H]1CCC[C@@H](c2coc(-c3cc(Cl)ccc3-n3cc(Cl)nn3)cc2=O)c2cc(ccn2)-c2c(cnn2C(F)F)NC1=O. The Bertz CT molecular complexity index is 1890. The summed E-state index contributed by atoms with van der Waals surface area (Å²) in [7, 11) is 0. The van der Waals surface area contributed by atoms with Crippen LogP contribution in [0.1, 0.15) is 49.9 Å². The van der Waals surface area contributed by atoms with Crippen molar-refractivity contribution in [3.63, 3.8) is 0 Å². The standard InChI is InChI=1S/C29H23Cl2F2N7O3/c1-15-3-2-4-18(21-9-16(7-8-34-21)27-22(36-28(15)42)12-35-40(27)29(32)33)20-14-43-25(11-24(20)41)19-10-17(30)5-6-23(19)39-13-26(31)37-38-39/h5-15,18,29H,2-4H2,1H3,(H,36,42)/t15-,18+/m1/s1. The molecule has 1 aromatic carbocycles. The number of nitrogens with zero attached hydrogens (tertiary/aromatic N) is 6. The van der Waals surface area contributed by atoms with E-state index in [-0.39, 0.29) is 33.6 Å². The third-order valence-corrected chi connectivity index (χ3v) is 7.81. The van der Waals surface area contributed by atoms with Gasteiger partial charge in [-0.25, -0.2) is 9.36 Å². The molecule has 0 aliphatic carbocycles. The van der Waals surface area contributed by atoms with Gasteiger partial charge in [-0.05, 0) is 43.2 Å². The molecule has 5 heterocycles. The van der Waals surface area contributed by atoms with Gasteiger partial charge in [-0.15, -0.1) is 5.10 Å². The molecule has 4 aromatic heterocycles. The molecular weight excluding hydrogens is 603 g/mol. The fourth-order valence-corrected chi connectivity index (χ4v) is 5.54. The number of amides is 1. The second kappa shape index (κ2) is 11.7. The molecule has 14 heteroatoms. The van der Waals surface area contributed by atoms with Crippen molar-refractivity contribution in [2.45, 2.75) is 38.7 Å². The lowest BCUT2D eigenvalue weighted by atomic mass is 9.88. The first-order valence-corrected chi connectivity index (χ1v) is 14.1. The lowest BCUT2D eigenvalue weighted by molar-refractivity contribution is -0.119. The first-order valence-electron chi connectivity index (χ1n) is 13.3. The van der Waals surface area contributed by atoms with Gasteiger partial charge in [0.05, 0.1) is 35.7 Å². The zero-order valence-corrected chi connectivity index (χ0v) is 24.1. The predicted molar refractivity (Wildman–Crippen MR) is 156 cm³/mol. The van der Waals surface area contributed by atoms with Crippen molar-refractivity contribution in [2.24, 2.45) is 5.92 Å². The monoisotopic (exact) mass is 625 g/mol. The Hall–Kier alpha value is -4.42. The van der Waals surface area contributed by atoms with E-state index in [2.05, 4.69) is 25.7 Å². The van der Waals surface area contributed by atoms with Gasteiger partial charge < -0.3 is 9.73 Å². The van der Waals surface area contributed by atoms with Crippen LogP contribution >= 0.6 is 23.2 Å². The quantitative estimate of drug-likeness (QED) is 0.235. The number of carbonyl (C=O) groups is 1. The summed E-state index contributed by atoms with van der Waals surface area (Å²) in [4.78, 5) is 31.1. The fourth-order valence-electron chi connectivity index (χ4n) is 5.24. The van der Waals surface area contributed by atoms with Gasteiger partial charge in [0.2, 0.25) is 5.91 Å². The van der Waals surface area contributed by atoms with Crippen LogP contribution < -0.4 is 10.7 Å². The smallest absolute Gasteiger partial charge is 0.333 e. The topological polar surface area (TPSA) is 121 Å². The molecule has 220 valence electrons. The van der Waals surface area contributed by atoms with Crippen LogP contribution in [-0.4, -0.2) is 35.7 Å². The molecule has 6 rings (SSSR count). The molecule has 5 aromatic rings. The molecule has 0 unspecified atom stereocenters. The van der Waals surface area contributed by atoms with Crippen LogP contribution in [0, 0.1) is 5.92 Å². The molecule has 1 aliphatic heterocycles. The first-order chi connectivity index (χ1) is 20.7. The van der Waals surface area contributed by atoms with Crippen molar-refractivity contribution in [3.05, 3.63) is 92.9 Å². The van der Waals surface area contributed by atoms with E-state index in [0.29, 0.717) is 57.0 Å². The van der Waals surface area contributed by atoms with Crippen LogP contribution in [-0.2, 0) is 4.79 Å². The van der Waals surface area contributed by atoms with Gasteiger partial charge in [0, 0.05) is 51.5 Å². The molecule has 0 fully saturated rings. The number of nitrogens with one attached hydrogen (secondary N) is 1. The third-order valence-electron chi connectivity index (χ3n) is 7.40. The lowest BCUT2D eigenvalue weighted by Gasteiger charge is -2.20. The van der Waals surface area contributed by atoms with Crippen molar-refractivity contribution in [1.82, 2.24) is 29.8 Å². The Balaban J connectivity index is 1.45. The number of fused-ring (bicyclic) bond motifs is 4. The van der Waals surface area contributed by atoms with Crippen LogP contribution in [0.15, 0.2) is 70.5 Å². The summed E-state index contributed by atoms with van der Waals surface area (Å²) in [6, 6.07) is 9.57. The van der Waals surface area contributed by atoms with E-state index in [4.69, 9.17) is 27.6 Å². The van der Waals surface area contributed by atoms with E-state index < -0.39 is 18.4 Å². The first kappa shape index (κ1) is 28.7. The highest BCUT2D eigenvalue weighted by atomic mass is 35.5. The van der Waals surface area contributed by atoms with E-state index in [1.165, 1.54) is 35.6 Å². The summed E-state index contributed by atoms with van der Waals surface area (Å²) in [6.07, 6.45) is 7.12. The van der Waals surface area contributed by atoms with Crippen LogP contribution in [0.5, 0.6) is 0 Å². The predicted octanol–water partition coefficient (Wildman–Crippen LogP) is 6.74. The van der Waals surface area contributed by atoms with Gasteiger partial charge in [0.15, 0.2) is 10.6 Å². The van der Waals surface area contributed by atoms with Crippen LogP contribution in [0.3, 0.4) is 0 Å². The average molecular weight is 626 g/mol. The minimum absolute atomic E-state index is 0.0441. The number of pyridine rings is 1. The molecule has 0 saturated heterocycles. The molecule has 43 heavy (non-hydrogen) atoms. The Morgan fingerprint density at radius 2 is 1.95 bits per heavy atom. The molecule has 2 bridgehead atoms. The van der Waals surface area contributed by atoms with Gasteiger partial charge in [0.1, 0.15) is 5.76 Å². The molecule has 10 nitrogen and oxygen atoms in total. The molecule has 0 spiro atoms. The molecule has 2 atom stereocenters. The molecule has 1 amide bonds. The number of carbonyl (C=O) groups excluding carboxylic acids is 1. The maximum atomic E-state index is 13.9. The van der Waals surface area contributed by atoms with Gasteiger partial charge in [-0.1, -0.05) is 41.8 Å². The molecule has 1 aliphatic rings. The number of rotatable bonds is 4. The lowest BCUT2D eigenvalue weighted by Crippen LogP contribution is -2.22. The number of aromatic nitrogens is 6. The highest BCUT2D eigenvalue weighted by Crippen LogP contribution is 2.37. The van der Waals surface area contributed by atoms with Crippen molar-refractivity contribution in [3.8, 4) is 28.3 Å². The summed E-state index contributed by atoms with van der Waals surface area (Å²) >= 11 is 12.2. The summed E-state index contributed by atoms with van der Waals surface area (Å²) in [6.45, 7) is -1.18. The maximum absolute atomic E-state index is 13.9. The van der Waals surface area contributed by atoms with Crippen LogP contribution in [0.2, 0.25) is 10.2 Å². The highest BCUT2D eigenvalue weighted by molar-refractivity contribution is 6.31. The van der Waals surface area contributed by atoms with E-state index in [0.717, 1.165) is 0 Å². The second-order valence-electron chi connectivity index (χ2n) is 10.2. The normalized spacial score (nSPS) is 17.2. The second-order valence-corrected chi connectivity index (χ2v) is 11.0. The van der Waals surface area contributed by atoms with Crippen molar-refractivity contribution < 1.29 is 18.0 Å². The van der Waals surface area contributed by atoms with Crippen molar-refractivity contribution in [2.75, 3.05) is 5.32 Å². The summed E-state index contributed by atoms with van der Waals surface area (Å²) in [5.41, 5.74) is 2.11. The molecular formula is C29H23Cl2F2N7O3. The van der Waals surface area contributed by atoms with Crippen molar-refractivity contribution >= 4 is 34.8 Å². The Morgan fingerprint density at radius 3 is 2.70 bits per heavy atom. The largest absolute Gasteiger partial charge is 0.464 e. The number of hydrogen-bond donors (Lipinski definition) is 1. The van der Waals surface area contributed by atoms with Crippen LogP contribution in [0.25, 0.3) is 28.3 Å². The number of anilines is 1. The van der Waals surface area contributed by atoms with E-state index in [9.17, 15) is 18.4 Å². The average Bonchev–Trinajstić information content (AvgIpc) is 3.61. The van der Waals surface area contributed by atoms with Gasteiger partial charge in [-0.3, -0.25) is 14.6 Å². The van der Waals surface area contributed by atoms with Crippen molar-refractivity contribution in [1.29, 1.82) is 0 Å². The zero-order valence-electron chi connectivity index (χ0n) is 22.5. The maximum Gasteiger partial charge on any atom is 0.333 e. The third kappa shape index (κ3) is 5.67. The highest BCUT2D eigenvalue weighted by Gasteiger charge is 2.27. The number of benzene rings is 1. The van der Waals surface area contributed by atoms with Gasteiger partial charge >= 0.3 is 6.55 Å². The Morgan fingerprint density at radius 1 is 1.12 bits per heavy atom. The molecule has 1 N–H and O–H groups in total. The number of halogens is 4. The summed E-state index contributed by atoms with van der Waals surface area (Å²) < 4.78 is 35.8. The van der Waals surface area contributed by atoms with E-state index in [1.807, 2.05) is 0 Å². The molecule has 0 saturated carbocycles. The van der Waals surface area contributed by atoms with E-state index in [1.54, 1.807) is 37.3 Å². The summed E-state index contributed by atoms with van der Waals surface area (Å²) in [5, 5.41) is 15.0. The zero-order chi connectivity index (χ0) is 30.2. The summed E-state index contributed by atoms with van der Waals surface area (Å²) in [5.74, 6) is -1.03. The minimum Gasteiger partial charge on any atom is -0.464 e. The Kier molecular flexibility index (Phi) is 7.80. The van der Waals surface area contributed by atoms with Gasteiger partial charge in [0.25, 0.3) is 0 Å². The number of hydrogen-bond acceptors (Lipinski definition) is 7. The number of alkyl halides is 2.